The third kappa shape index (κ3) is 3.34. The lowest BCUT2D eigenvalue weighted by Gasteiger charge is -2.14. The second kappa shape index (κ2) is 6.26. The number of halogens is 2. The van der Waals surface area contributed by atoms with Gasteiger partial charge in [-0.1, -0.05) is 56.1 Å². The maximum absolute atomic E-state index is 6.35. The highest BCUT2D eigenvalue weighted by Crippen LogP contribution is 2.27. The summed E-state index contributed by atoms with van der Waals surface area (Å²) in [6.45, 7) is 0. The molecule has 3 rings (SSSR count). The summed E-state index contributed by atoms with van der Waals surface area (Å²) in [5.74, 6) is 0. The van der Waals surface area contributed by atoms with Crippen LogP contribution in [0.2, 0.25) is 0 Å². The summed E-state index contributed by atoms with van der Waals surface area (Å²) in [4.78, 5) is 4.69. The lowest BCUT2D eigenvalue weighted by Crippen LogP contribution is -2.14. The van der Waals surface area contributed by atoms with Crippen molar-refractivity contribution < 1.29 is 0 Å². The highest BCUT2D eigenvalue weighted by atomic mass is 79.9. The van der Waals surface area contributed by atoms with Crippen LogP contribution in [0.3, 0.4) is 0 Å². The van der Waals surface area contributed by atoms with E-state index in [9.17, 15) is 0 Å². The lowest BCUT2D eigenvalue weighted by atomic mass is 10.0. The molecule has 3 aromatic rings. The average Bonchev–Trinajstić information content (AvgIpc) is 2.49. The number of pyridine rings is 1. The van der Waals surface area contributed by atoms with Crippen LogP contribution in [0.5, 0.6) is 0 Å². The SMILES string of the molecule is NC(Cc1ccc2ccccc2n1)c1cc(Br)ccc1Br. The van der Waals surface area contributed by atoms with Crippen molar-refractivity contribution in [1.82, 2.24) is 4.98 Å². The number of hydrogen-bond acceptors (Lipinski definition) is 2. The van der Waals surface area contributed by atoms with Crippen LogP contribution >= 0.6 is 31.9 Å². The van der Waals surface area contributed by atoms with Gasteiger partial charge in [-0.3, -0.25) is 4.98 Å². The fraction of sp³-hybridized carbons (Fsp3) is 0.118. The van der Waals surface area contributed by atoms with Crippen LogP contribution in [0.25, 0.3) is 10.9 Å². The predicted octanol–water partition coefficient (Wildman–Crippen LogP) is 5.00. The Balaban J connectivity index is 1.88. The van der Waals surface area contributed by atoms with Crippen molar-refractivity contribution in [1.29, 1.82) is 0 Å². The Morgan fingerprint density at radius 3 is 2.67 bits per heavy atom. The van der Waals surface area contributed by atoms with Gasteiger partial charge in [0.1, 0.15) is 0 Å². The number of nitrogens with two attached hydrogens (primary N) is 1. The van der Waals surface area contributed by atoms with Crippen molar-refractivity contribution in [2.75, 3.05) is 0 Å². The van der Waals surface area contributed by atoms with Gasteiger partial charge < -0.3 is 5.73 Å². The largest absolute Gasteiger partial charge is 0.324 e. The molecule has 2 N–H and O–H groups in total. The third-order valence-electron chi connectivity index (χ3n) is 3.44. The van der Waals surface area contributed by atoms with Gasteiger partial charge in [0.25, 0.3) is 0 Å². The van der Waals surface area contributed by atoms with E-state index < -0.39 is 0 Å². The van der Waals surface area contributed by atoms with Crippen LogP contribution in [0.4, 0.5) is 0 Å². The van der Waals surface area contributed by atoms with Gasteiger partial charge in [0, 0.05) is 32.5 Å². The van der Waals surface area contributed by atoms with Gasteiger partial charge >= 0.3 is 0 Å². The van der Waals surface area contributed by atoms with E-state index in [4.69, 9.17) is 5.73 Å². The smallest absolute Gasteiger partial charge is 0.0705 e. The molecule has 0 spiro atoms. The van der Waals surface area contributed by atoms with Gasteiger partial charge in [0.2, 0.25) is 0 Å². The zero-order valence-electron chi connectivity index (χ0n) is 11.3. The Kier molecular flexibility index (Phi) is 4.38. The normalized spacial score (nSPS) is 12.5. The van der Waals surface area contributed by atoms with Crippen LogP contribution in [0.1, 0.15) is 17.3 Å². The summed E-state index contributed by atoms with van der Waals surface area (Å²) < 4.78 is 2.06. The maximum atomic E-state index is 6.35. The van der Waals surface area contributed by atoms with E-state index in [0.29, 0.717) is 6.42 Å². The molecule has 2 nitrogen and oxygen atoms in total. The van der Waals surface area contributed by atoms with Crippen LogP contribution in [0.15, 0.2) is 63.5 Å². The molecule has 0 saturated heterocycles. The molecule has 4 heteroatoms. The maximum Gasteiger partial charge on any atom is 0.0705 e. The number of rotatable bonds is 3. The summed E-state index contributed by atoms with van der Waals surface area (Å²) in [6.07, 6.45) is 0.708. The molecule has 106 valence electrons. The van der Waals surface area contributed by atoms with Crippen molar-refractivity contribution in [2.45, 2.75) is 12.5 Å². The molecule has 0 fully saturated rings. The Morgan fingerprint density at radius 2 is 1.81 bits per heavy atom. The van der Waals surface area contributed by atoms with E-state index >= 15 is 0 Å². The second-order valence-corrected chi connectivity index (χ2v) is 6.74. The molecule has 1 unspecified atom stereocenters. The molecule has 0 aliphatic rings. The minimum Gasteiger partial charge on any atom is -0.324 e. The molecule has 0 saturated carbocycles. The summed E-state index contributed by atoms with van der Waals surface area (Å²) in [5, 5.41) is 1.15. The minimum atomic E-state index is -0.0921. The van der Waals surface area contributed by atoms with Gasteiger partial charge in [-0.25, -0.2) is 0 Å². The first kappa shape index (κ1) is 14.7. The average molecular weight is 406 g/mol. The summed E-state index contributed by atoms with van der Waals surface area (Å²) in [6, 6.07) is 18.2. The van der Waals surface area contributed by atoms with Gasteiger partial charge in [0.05, 0.1) is 5.52 Å². The van der Waals surface area contributed by atoms with E-state index in [1.54, 1.807) is 0 Å². The van der Waals surface area contributed by atoms with Crippen LogP contribution < -0.4 is 5.73 Å². The molecule has 0 amide bonds. The van der Waals surface area contributed by atoms with Crippen LogP contribution in [0, 0.1) is 0 Å². The first-order chi connectivity index (χ1) is 10.1. The molecule has 1 heterocycles. The van der Waals surface area contributed by atoms with Crippen LogP contribution in [-0.2, 0) is 6.42 Å². The fourth-order valence-corrected chi connectivity index (χ4v) is 3.28. The molecule has 0 aliphatic heterocycles. The monoisotopic (exact) mass is 404 g/mol. The summed E-state index contributed by atoms with van der Waals surface area (Å²) in [5.41, 5.74) is 9.45. The molecular weight excluding hydrogens is 392 g/mol. The lowest BCUT2D eigenvalue weighted by molar-refractivity contribution is 0.705. The first-order valence-corrected chi connectivity index (χ1v) is 8.27. The van der Waals surface area contributed by atoms with Crippen molar-refractivity contribution in [3.63, 3.8) is 0 Å². The molecule has 1 atom stereocenters. The van der Waals surface area contributed by atoms with Gasteiger partial charge in [-0.15, -0.1) is 0 Å². The molecule has 1 aromatic heterocycles. The highest BCUT2D eigenvalue weighted by molar-refractivity contribution is 9.11. The van der Waals surface area contributed by atoms with E-state index in [-0.39, 0.29) is 6.04 Å². The Bertz CT molecular complexity index is 787. The molecule has 0 bridgehead atoms. The molecule has 0 aliphatic carbocycles. The minimum absolute atomic E-state index is 0.0921. The Labute approximate surface area is 140 Å². The number of benzene rings is 2. The number of para-hydroxylation sites is 1. The summed E-state index contributed by atoms with van der Waals surface area (Å²) in [7, 11) is 0. The Hall–Kier alpha value is -1.23. The second-order valence-electron chi connectivity index (χ2n) is 4.97. The van der Waals surface area contributed by atoms with Crippen molar-refractivity contribution >= 4 is 42.8 Å². The quantitative estimate of drug-likeness (QED) is 0.665. The van der Waals surface area contributed by atoms with Crippen LogP contribution in [-0.4, -0.2) is 4.98 Å². The van der Waals surface area contributed by atoms with Gasteiger partial charge in [0.15, 0.2) is 0 Å². The predicted molar refractivity (Wildman–Crippen MR) is 94.2 cm³/mol. The number of hydrogen-bond donors (Lipinski definition) is 1. The standard InChI is InChI=1S/C17H14Br2N2/c18-12-6-8-15(19)14(9-12)16(20)10-13-7-5-11-3-1-2-4-17(11)21-13/h1-9,16H,10,20H2. The topological polar surface area (TPSA) is 38.9 Å². The third-order valence-corrected chi connectivity index (χ3v) is 4.66. The molecule has 0 radical (unpaired) electrons. The first-order valence-electron chi connectivity index (χ1n) is 6.69. The number of nitrogens with zero attached hydrogens (tertiary/aromatic N) is 1. The van der Waals surface area contributed by atoms with E-state index in [0.717, 1.165) is 31.1 Å². The molecule has 21 heavy (non-hydrogen) atoms. The van der Waals surface area contributed by atoms with Crippen molar-refractivity contribution in [3.05, 3.63) is 74.8 Å². The summed E-state index contributed by atoms with van der Waals surface area (Å²) >= 11 is 7.05. The van der Waals surface area contributed by atoms with Gasteiger partial charge in [-0.05, 0) is 35.9 Å². The van der Waals surface area contributed by atoms with E-state index in [1.807, 2.05) is 36.4 Å². The molecule has 2 aromatic carbocycles. The number of fused-ring (bicyclic) bond motifs is 1. The number of aromatic nitrogens is 1. The highest BCUT2D eigenvalue weighted by Gasteiger charge is 2.12. The van der Waals surface area contributed by atoms with Gasteiger partial charge in [-0.2, -0.15) is 0 Å². The zero-order chi connectivity index (χ0) is 14.8. The fourth-order valence-electron chi connectivity index (χ4n) is 2.36. The Morgan fingerprint density at radius 1 is 1.00 bits per heavy atom. The van der Waals surface area contributed by atoms with E-state index in [2.05, 4.69) is 55.0 Å². The molecular formula is C17H14Br2N2. The zero-order valence-corrected chi connectivity index (χ0v) is 14.4. The van der Waals surface area contributed by atoms with Crippen molar-refractivity contribution in [3.8, 4) is 0 Å². The van der Waals surface area contributed by atoms with Crippen molar-refractivity contribution in [2.24, 2.45) is 5.73 Å². The van der Waals surface area contributed by atoms with E-state index in [1.165, 1.54) is 0 Å².